The van der Waals surface area contributed by atoms with E-state index in [0.29, 0.717) is 11.8 Å². The van der Waals surface area contributed by atoms with Gasteiger partial charge in [-0.3, -0.25) is 14.9 Å². The van der Waals surface area contributed by atoms with Gasteiger partial charge in [-0.2, -0.15) is 0 Å². The lowest BCUT2D eigenvalue weighted by molar-refractivity contribution is -0.385. The highest BCUT2D eigenvalue weighted by Crippen LogP contribution is 2.36. The van der Waals surface area contributed by atoms with E-state index in [2.05, 4.69) is 0 Å². The predicted molar refractivity (Wildman–Crippen MR) is 53.2 cm³/mol. The van der Waals surface area contributed by atoms with Gasteiger partial charge in [-0.15, -0.1) is 0 Å². The van der Waals surface area contributed by atoms with Crippen LogP contribution in [-0.2, 0) is 0 Å². The molecule has 74 valence electrons. The van der Waals surface area contributed by atoms with E-state index in [1.54, 1.807) is 0 Å². The quantitative estimate of drug-likeness (QED) is 0.448. The zero-order valence-corrected chi connectivity index (χ0v) is 8.59. The molecule has 0 radical (unpaired) electrons. The highest BCUT2D eigenvalue weighted by atomic mass is 35.5. The molecule has 14 heavy (non-hydrogen) atoms. The Morgan fingerprint density at radius 1 is 1.43 bits per heavy atom. The lowest BCUT2D eigenvalue weighted by Crippen LogP contribution is -1.96. The van der Waals surface area contributed by atoms with E-state index >= 15 is 0 Å². The maximum Gasteiger partial charge on any atom is 0.292 e. The fraction of sp³-hybridized carbons (Fsp3) is 0.125. The second kappa shape index (κ2) is 3.94. The first-order valence-electron chi connectivity index (χ1n) is 3.57. The van der Waals surface area contributed by atoms with Crippen molar-refractivity contribution in [3.8, 4) is 0 Å². The third kappa shape index (κ3) is 1.71. The molecule has 0 saturated carbocycles. The van der Waals surface area contributed by atoms with Gasteiger partial charge in [0.2, 0.25) is 0 Å². The van der Waals surface area contributed by atoms with E-state index in [4.69, 9.17) is 23.2 Å². The molecule has 0 bridgehead atoms. The average molecular weight is 234 g/mol. The van der Waals surface area contributed by atoms with Crippen molar-refractivity contribution >= 4 is 35.2 Å². The van der Waals surface area contributed by atoms with Crippen molar-refractivity contribution in [1.82, 2.24) is 0 Å². The SMILES string of the molecule is Cc1cc(C=O)c(Cl)c(Cl)c1[N+](=O)[O-]. The van der Waals surface area contributed by atoms with Crippen molar-refractivity contribution < 1.29 is 9.72 Å². The molecule has 0 amide bonds. The molecule has 0 aliphatic carbocycles. The molecule has 0 heterocycles. The number of nitro benzene ring substituents is 1. The van der Waals surface area contributed by atoms with Gasteiger partial charge in [0.05, 0.1) is 9.95 Å². The summed E-state index contributed by atoms with van der Waals surface area (Å²) in [4.78, 5) is 20.4. The van der Waals surface area contributed by atoms with Gasteiger partial charge < -0.3 is 0 Å². The van der Waals surface area contributed by atoms with E-state index in [1.165, 1.54) is 13.0 Å². The molecule has 6 heteroatoms. The average Bonchev–Trinajstić information content (AvgIpc) is 2.10. The summed E-state index contributed by atoms with van der Waals surface area (Å²) >= 11 is 11.3. The zero-order chi connectivity index (χ0) is 10.9. The predicted octanol–water partition coefficient (Wildman–Crippen LogP) is 3.02. The van der Waals surface area contributed by atoms with Crippen LogP contribution in [0, 0.1) is 17.0 Å². The van der Waals surface area contributed by atoms with Crippen molar-refractivity contribution in [3.63, 3.8) is 0 Å². The summed E-state index contributed by atoms with van der Waals surface area (Å²) in [6.07, 6.45) is 0.505. The zero-order valence-electron chi connectivity index (χ0n) is 7.08. The second-order valence-corrected chi connectivity index (χ2v) is 3.39. The Labute approximate surface area is 89.6 Å². The van der Waals surface area contributed by atoms with Gasteiger partial charge in [0.1, 0.15) is 5.02 Å². The Bertz CT molecular complexity index is 418. The van der Waals surface area contributed by atoms with Crippen LogP contribution in [0.25, 0.3) is 0 Å². The van der Waals surface area contributed by atoms with Crippen LogP contribution in [0.15, 0.2) is 6.07 Å². The van der Waals surface area contributed by atoms with Crippen LogP contribution in [-0.4, -0.2) is 11.2 Å². The minimum Gasteiger partial charge on any atom is -0.298 e. The van der Waals surface area contributed by atoms with Crippen LogP contribution in [0.2, 0.25) is 10.0 Å². The van der Waals surface area contributed by atoms with Crippen molar-refractivity contribution in [2.75, 3.05) is 0 Å². The van der Waals surface area contributed by atoms with Crippen LogP contribution in [0.1, 0.15) is 15.9 Å². The summed E-state index contributed by atoms with van der Waals surface area (Å²) in [7, 11) is 0. The first kappa shape index (κ1) is 10.9. The van der Waals surface area contributed by atoms with Crippen LogP contribution < -0.4 is 0 Å². The minimum absolute atomic E-state index is 0.0843. The third-order valence-electron chi connectivity index (χ3n) is 1.71. The van der Waals surface area contributed by atoms with Gasteiger partial charge in [0, 0.05) is 11.1 Å². The van der Waals surface area contributed by atoms with E-state index in [1.807, 2.05) is 0 Å². The Morgan fingerprint density at radius 2 is 2.00 bits per heavy atom. The van der Waals surface area contributed by atoms with Gasteiger partial charge in [0.25, 0.3) is 5.69 Å². The Kier molecular flexibility index (Phi) is 3.08. The Morgan fingerprint density at radius 3 is 2.43 bits per heavy atom. The fourth-order valence-corrected chi connectivity index (χ4v) is 1.59. The molecule has 0 spiro atoms. The van der Waals surface area contributed by atoms with Gasteiger partial charge in [0.15, 0.2) is 6.29 Å². The molecule has 1 aromatic carbocycles. The summed E-state index contributed by atoms with van der Waals surface area (Å²) in [6.45, 7) is 1.49. The molecule has 0 fully saturated rings. The number of hydrogen-bond donors (Lipinski definition) is 0. The van der Waals surface area contributed by atoms with Crippen LogP contribution in [0.4, 0.5) is 5.69 Å². The number of hydrogen-bond acceptors (Lipinski definition) is 3. The van der Waals surface area contributed by atoms with Gasteiger partial charge >= 0.3 is 0 Å². The van der Waals surface area contributed by atoms with Crippen LogP contribution in [0.5, 0.6) is 0 Å². The molecule has 0 aliphatic heterocycles. The lowest BCUT2D eigenvalue weighted by atomic mass is 10.1. The first-order chi connectivity index (χ1) is 6.49. The summed E-state index contributed by atoms with van der Waals surface area (Å²) in [6, 6.07) is 1.33. The maximum atomic E-state index is 10.6. The summed E-state index contributed by atoms with van der Waals surface area (Å²) in [5, 5.41) is 10.3. The van der Waals surface area contributed by atoms with Crippen LogP contribution >= 0.6 is 23.2 Å². The number of nitrogens with zero attached hydrogens (tertiary/aromatic N) is 1. The minimum atomic E-state index is -0.627. The summed E-state index contributed by atoms with van der Waals surface area (Å²) in [5.74, 6) is 0. The maximum absolute atomic E-state index is 10.6. The fourth-order valence-electron chi connectivity index (χ4n) is 1.08. The standard InChI is InChI=1S/C8H5Cl2NO3/c1-4-2-5(3-12)6(9)7(10)8(4)11(13)14/h2-3H,1H3. The van der Waals surface area contributed by atoms with Gasteiger partial charge in [-0.05, 0) is 13.0 Å². The monoisotopic (exact) mass is 233 g/mol. The molecule has 1 aromatic rings. The summed E-state index contributed by atoms with van der Waals surface area (Å²) in [5.41, 5.74) is 0.202. The van der Waals surface area contributed by atoms with Crippen molar-refractivity contribution in [3.05, 3.63) is 37.4 Å². The third-order valence-corrected chi connectivity index (χ3v) is 2.58. The number of carbonyl (C=O) groups is 1. The lowest BCUT2D eigenvalue weighted by Gasteiger charge is -2.03. The molecule has 0 unspecified atom stereocenters. The molecule has 4 nitrogen and oxygen atoms in total. The first-order valence-corrected chi connectivity index (χ1v) is 4.32. The number of halogens is 2. The van der Waals surface area contributed by atoms with E-state index in [9.17, 15) is 14.9 Å². The van der Waals surface area contributed by atoms with Crippen molar-refractivity contribution in [1.29, 1.82) is 0 Å². The Hall–Kier alpha value is -1.13. The number of carbonyl (C=O) groups excluding carboxylic acids is 1. The molecular formula is C8H5Cl2NO3. The molecule has 0 atom stereocenters. The number of benzene rings is 1. The molecule has 1 rings (SSSR count). The molecular weight excluding hydrogens is 229 g/mol. The van der Waals surface area contributed by atoms with Crippen molar-refractivity contribution in [2.24, 2.45) is 0 Å². The highest BCUT2D eigenvalue weighted by Gasteiger charge is 2.21. The topological polar surface area (TPSA) is 60.2 Å². The van der Waals surface area contributed by atoms with E-state index < -0.39 is 4.92 Å². The number of nitro groups is 1. The van der Waals surface area contributed by atoms with E-state index in [-0.39, 0.29) is 21.3 Å². The van der Waals surface area contributed by atoms with E-state index in [0.717, 1.165) is 0 Å². The number of rotatable bonds is 2. The van der Waals surface area contributed by atoms with Gasteiger partial charge in [-0.25, -0.2) is 0 Å². The number of aldehydes is 1. The number of aryl methyl sites for hydroxylation is 1. The van der Waals surface area contributed by atoms with Gasteiger partial charge in [-0.1, -0.05) is 23.2 Å². The van der Waals surface area contributed by atoms with Crippen molar-refractivity contribution in [2.45, 2.75) is 6.92 Å². The normalized spacial score (nSPS) is 9.93. The Balaban J connectivity index is 3.56. The molecule has 0 aliphatic rings. The smallest absolute Gasteiger partial charge is 0.292 e. The summed E-state index contributed by atoms with van der Waals surface area (Å²) < 4.78 is 0. The second-order valence-electron chi connectivity index (χ2n) is 2.63. The molecule has 0 N–H and O–H groups in total. The molecule has 0 saturated heterocycles. The molecule has 0 aromatic heterocycles. The highest BCUT2D eigenvalue weighted by molar-refractivity contribution is 6.44. The largest absolute Gasteiger partial charge is 0.298 e. The van der Waals surface area contributed by atoms with Crippen LogP contribution in [0.3, 0.4) is 0 Å².